The number of anilines is 1. The Morgan fingerprint density at radius 3 is 2.43 bits per heavy atom. The van der Waals surface area contributed by atoms with Gasteiger partial charge in [-0.15, -0.1) is 0 Å². The number of aromatic nitrogens is 2. The van der Waals surface area contributed by atoms with Gasteiger partial charge in [0.25, 0.3) is 0 Å². The number of piperidine rings is 1. The second-order valence-corrected chi connectivity index (χ2v) is 10.2. The molecule has 0 atom stereocenters. The van der Waals surface area contributed by atoms with E-state index >= 15 is 0 Å². The maximum Gasteiger partial charge on any atom is 0.416 e. The smallest absolute Gasteiger partial charge is 0.390 e. The van der Waals surface area contributed by atoms with Gasteiger partial charge >= 0.3 is 6.18 Å². The van der Waals surface area contributed by atoms with Gasteiger partial charge in [-0.2, -0.15) is 13.2 Å². The Morgan fingerprint density at radius 1 is 1.03 bits per heavy atom. The number of alkyl halides is 3. The Labute approximate surface area is 207 Å². The molecule has 0 saturated carbocycles. The normalized spacial score (nSPS) is 17.2. The lowest BCUT2D eigenvalue weighted by Crippen LogP contribution is -2.41. The Hall–Kier alpha value is -2.64. The number of aliphatic hydroxyl groups is 1. The minimum absolute atomic E-state index is 0.0278. The third kappa shape index (κ3) is 4.40. The number of fused-ring (bicyclic) bond motifs is 1. The van der Waals surface area contributed by atoms with Crippen molar-refractivity contribution in [2.24, 2.45) is 5.41 Å². The van der Waals surface area contributed by atoms with Gasteiger partial charge in [-0.3, -0.25) is 0 Å². The van der Waals surface area contributed by atoms with Gasteiger partial charge in [-0.05, 0) is 73.8 Å². The van der Waals surface area contributed by atoms with E-state index in [4.69, 9.17) is 21.6 Å². The van der Waals surface area contributed by atoms with Gasteiger partial charge in [-0.25, -0.2) is 9.97 Å². The predicted molar refractivity (Wildman–Crippen MR) is 131 cm³/mol. The zero-order valence-electron chi connectivity index (χ0n) is 19.7. The highest BCUT2D eigenvalue weighted by molar-refractivity contribution is 6.34. The largest absolute Gasteiger partial charge is 0.416 e. The fourth-order valence-electron chi connectivity index (χ4n) is 5.54. The van der Waals surface area contributed by atoms with Gasteiger partial charge in [-0.1, -0.05) is 35.9 Å². The Bertz CT molecular complexity index is 1280. The molecule has 1 aliphatic heterocycles. The summed E-state index contributed by atoms with van der Waals surface area (Å²) in [5.74, 6) is 0.669. The second-order valence-electron chi connectivity index (χ2n) is 9.84. The van der Waals surface area contributed by atoms with Crippen LogP contribution in [0.2, 0.25) is 5.02 Å². The minimum atomic E-state index is -4.32. The van der Waals surface area contributed by atoms with E-state index in [0.717, 1.165) is 47.2 Å². The minimum Gasteiger partial charge on any atom is -0.390 e. The van der Waals surface area contributed by atoms with Crippen molar-refractivity contribution in [2.45, 2.75) is 52.3 Å². The van der Waals surface area contributed by atoms with Crippen LogP contribution in [0.5, 0.6) is 0 Å². The van der Waals surface area contributed by atoms with Gasteiger partial charge < -0.3 is 10.0 Å². The molecule has 8 heteroatoms. The van der Waals surface area contributed by atoms with E-state index < -0.39 is 11.7 Å². The quantitative estimate of drug-likeness (QED) is 0.457. The molecule has 184 valence electrons. The molecule has 1 aliphatic carbocycles. The number of aryl methyl sites for hydroxylation is 2. The fraction of sp³-hybridized carbons (Fsp3) is 0.407. The van der Waals surface area contributed by atoms with Crippen molar-refractivity contribution in [1.82, 2.24) is 9.97 Å². The lowest BCUT2D eigenvalue weighted by molar-refractivity contribution is -0.137. The van der Waals surface area contributed by atoms with Crippen LogP contribution in [0.1, 0.15) is 46.5 Å². The number of nitrogens with zero attached hydrogens (tertiary/aromatic N) is 3. The zero-order valence-corrected chi connectivity index (χ0v) is 20.5. The average molecular weight is 502 g/mol. The molecule has 1 spiro atoms. The first-order valence-electron chi connectivity index (χ1n) is 11.8. The average Bonchev–Trinajstić information content (AvgIpc) is 3.17. The van der Waals surface area contributed by atoms with Crippen molar-refractivity contribution in [1.29, 1.82) is 0 Å². The molecular formula is C27H27ClF3N3O. The molecule has 35 heavy (non-hydrogen) atoms. The first-order valence-corrected chi connectivity index (χ1v) is 12.2. The Balaban J connectivity index is 1.37. The van der Waals surface area contributed by atoms with E-state index in [2.05, 4.69) is 4.90 Å². The van der Waals surface area contributed by atoms with Crippen molar-refractivity contribution in [2.75, 3.05) is 18.0 Å². The molecule has 1 N–H and O–H groups in total. The molecule has 3 aromatic rings. The number of hydrogen-bond donors (Lipinski definition) is 1. The maximum atomic E-state index is 13.2. The van der Waals surface area contributed by atoms with Gasteiger partial charge in [0.05, 0.1) is 28.6 Å². The van der Waals surface area contributed by atoms with E-state index in [1.807, 2.05) is 32.0 Å². The summed E-state index contributed by atoms with van der Waals surface area (Å²) in [6.45, 7) is 5.01. The lowest BCUT2D eigenvalue weighted by atomic mass is 9.76. The predicted octanol–water partition coefficient (Wildman–Crippen LogP) is 6.31. The number of halogens is 4. The molecule has 1 saturated heterocycles. The van der Waals surface area contributed by atoms with Gasteiger partial charge in [0.1, 0.15) is 5.69 Å². The number of aliphatic hydroxyl groups excluding tert-OH is 1. The Morgan fingerprint density at radius 2 is 1.74 bits per heavy atom. The third-order valence-electron chi connectivity index (χ3n) is 7.51. The summed E-state index contributed by atoms with van der Waals surface area (Å²) in [7, 11) is 0. The molecule has 0 unspecified atom stereocenters. The number of benzene rings is 2. The molecule has 0 radical (unpaired) electrons. The van der Waals surface area contributed by atoms with E-state index in [-0.39, 0.29) is 12.0 Å². The van der Waals surface area contributed by atoms with Crippen LogP contribution in [0.4, 0.5) is 19.0 Å². The van der Waals surface area contributed by atoms with Crippen LogP contribution >= 0.6 is 11.6 Å². The highest BCUT2D eigenvalue weighted by atomic mass is 35.5. The fourth-order valence-corrected chi connectivity index (χ4v) is 5.76. The molecule has 2 aromatic carbocycles. The van der Waals surface area contributed by atoms with Crippen LogP contribution < -0.4 is 4.90 Å². The van der Waals surface area contributed by atoms with Crippen LogP contribution in [0.25, 0.3) is 11.3 Å². The maximum absolute atomic E-state index is 13.2. The first kappa shape index (κ1) is 24.1. The highest BCUT2D eigenvalue weighted by Gasteiger charge is 2.42. The van der Waals surface area contributed by atoms with Crippen molar-refractivity contribution >= 4 is 17.4 Å². The molecule has 5 rings (SSSR count). The van der Waals surface area contributed by atoms with Gasteiger partial charge in [0.2, 0.25) is 0 Å². The van der Waals surface area contributed by atoms with Crippen molar-refractivity contribution in [3.05, 3.63) is 75.1 Å². The highest BCUT2D eigenvalue weighted by Crippen LogP contribution is 2.46. The van der Waals surface area contributed by atoms with Crippen LogP contribution in [-0.2, 0) is 25.6 Å². The SMILES string of the molecule is Cc1cccc(-c2nc(CO)c(N3CCC4(CC3)Cc3ccc(C(F)(F)F)cc3C4)nc2C)c1Cl. The summed E-state index contributed by atoms with van der Waals surface area (Å²) in [6, 6.07) is 9.93. The molecule has 2 aliphatic rings. The topological polar surface area (TPSA) is 49.3 Å². The van der Waals surface area contributed by atoms with Crippen LogP contribution in [0, 0.1) is 19.3 Å². The standard InChI is InChI=1S/C27H27ClF3N3O/c1-16-4-3-5-21(23(16)28)24-17(2)32-25(22(15-35)33-24)34-10-8-26(9-11-34)13-18-6-7-20(27(29,30)31)12-19(18)14-26/h3-7,12,35H,8-11,13-15H2,1-2H3. The van der Waals surface area contributed by atoms with Crippen molar-refractivity contribution in [3.8, 4) is 11.3 Å². The summed E-state index contributed by atoms with van der Waals surface area (Å²) in [5.41, 5.74) is 4.88. The summed E-state index contributed by atoms with van der Waals surface area (Å²) in [5, 5.41) is 10.7. The van der Waals surface area contributed by atoms with Crippen molar-refractivity contribution in [3.63, 3.8) is 0 Å². The molecule has 1 aromatic heterocycles. The van der Waals surface area contributed by atoms with Crippen LogP contribution in [0.3, 0.4) is 0 Å². The van der Waals surface area contributed by atoms with E-state index in [1.165, 1.54) is 12.1 Å². The van der Waals surface area contributed by atoms with E-state index in [1.54, 1.807) is 6.07 Å². The molecule has 1 fully saturated rings. The molecule has 0 amide bonds. The van der Waals surface area contributed by atoms with Gasteiger partial charge in [0, 0.05) is 18.7 Å². The summed E-state index contributed by atoms with van der Waals surface area (Å²) >= 11 is 6.52. The van der Waals surface area contributed by atoms with Gasteiger partial charge in [0.15, 0.2) is 5.82 Å². The second kappa shape index (κ2) is 8.79. The van der Waals surface area contributed by atoms with E-state index in [0.29, 0.717) is 41.7 Å². The van der Waals surface area contributed by atoms with E-state index in [9.17, 15) is 18.3 Å². The molecule has 4 nitrogen and oxygen atoms in total. The van der Waals surface area contributed by atoms with Crippen LogP contribution in [0.15, 0.2) is 36.4 Å². The zero-order chi connectivity index (χ0) is 25.0. The first-order chi connectivity index (χ1) is 16.6. The number of rotatable bonds is 3. The summed E-state index contributed by atoms with van der Waals surface area (Å²) in [4.78, 5) is 11.7. The molecule has 0 bridgehead atoms. The Kier molecular flexibility index (Phi) is 6.04. The summed E-state index contributed by atoms with van der Waals surface area (Å²) in [6.07, 6.45) is -1.15. The van der Waals surface area contributed by atoms with Crippen LogP contribution in [-0.4, -0.2) is 28.2 Å². The number of hydrogen-bond acceptors (Lipinski definition) is 4. The molecule has 2 heterocycles. The van der Waals surface area contributed by atoms with Crippen molar-refractivity contribution < 1.29 is 18.3 Å². The summed E-state index contributed by atoms with van der Waals surface area (Å²) < 4.78 is 39.5. The monoisotopic (exact) mass is 501 g/mol. The lowest BCUT2D eigenvalue weighted by Gasteiger charge is -2.40. The molecular weight excluding hydrogens is 475 g/mol. The third-order valence-corrected chi connectivity index (χ3v) is 8.01.